The number of hydrogen-bond acceptors (Lipinski definition) is 5. The van der Waals surface area contributed by atoms with Crippen molar-refractivity contribution in [3.63, 3.8) is 0 Å². The Morgan fingerprint density at radius 2 is 1.73 bits per heavy atom. The molecular weight excluding hydrogens is 401 g/mol. The minimum absolute atomic E-state index is 0.0816. The van der Waals surface area contributed by atoms with Crippen LogP contribution in [0.15, 0.2) is 42.5 Å². The molecule has 0 radical (unpaired) electrons. The summed E-state index contributed by atoms with van der Waals surface area (Å²) in [6.45, 7) is 5.64. The lowest BCUT2D eigenvalue weighted by Gasteiger charge is -2.39. The van der Waals surface area contributed by atoms with Crippen LogP contribution in [0.3, 0.4) is 0 Å². The van der Waals surface area contributed by atoms with Gasteiger partial charge >= 0.3 is 12.5 Å². The molecule has 1 aliphatic rings. The van der Waals surface area contributed by atoms with Crippen molar-refractivity contribution in [3.05, 3.63) is 42.5 Å². The van der Waals surface area contributed by atoms with Crippen LogP contribution in [-0.4, -0.2) is 42.2 Å². The molecule has 0 unspecified atom stereocenters. The number of nitrogens with zero attached hydrogens (tertiary/aromatic N) is 1. The van der Waals surface area contributed by atoms with E-state index in [0.29, 0.717) is 16.8 Å². The fraction of sp³-hybridized carbons (Fsp3) is 0.381. The van der Waals surface area contributed by atoms with Crippen LogP contribution in [0.25, 0.3) is 11.1 Å². The molecule has 1 fully saturated rings. The second-order valence-corrected chi connectivity index (χ2v) is 7.92. The monoisotopic (exact) mass is 424 g/mol. The van der Waals surface area contributed by atoms with Crippen molar-refractivity contribution in [2.24, 2.45) is 0 Å². The molecule has 0 atom stereocenters. The van der Waals surface area contributed by atoms with E-state index in [9.17, 15) is 18.0 Å². The summed E-state index contributed by atoms with van der Waals surface area (Å²) < 4.78 is 53.5. The minimum Gasteiger partial charge on any atom is -0.483 e. The number of likely N-dealkylation sites (tertiary alicyclic amines) is 1. The summed E-state index contributed by atoms with van der Waals surface area (Å²) >= 11 is 0. The Labute approximate surface area is 172 Å². The van der Waals surface area contributed by atoms with E-state index in [1.807, 2.05) is 0 Å². The first-order valence-electron chi connectivity index (χ1n) is 9.30. The zero-order valence-electron chi connectivity index (χ0n) is 16.8. The fourth-order valence-electron chi connectivity index (χ4n) is 2.90. The largest absolute Gasteiger partial charge is 0.573 e. The highest BCUT2D eigenvalue weighted by atomic mass is 19.4. The lowest BCUT2D eigenvalue weighted by atomic mass is 10.0. The van der Waals surface area contributed by atoms with Gasteiger partial charge < -0.3 is 24.8 Å². The van der Waals surface area contributed by atoms with E-state index in [4.69, 9.17) is 15.2 Å². The number of para-hydroxylation sites is 1. The summed E-state index contributed by atoms with van der Waals surface area (Å²) in [5, 5.41) is 0. The Morgan fingerprint density at radius 1 is 1.07 bits per heavy atom. The Hall–Kier alpha value is -3.10. The molecule has 3 rings (SSSR count). The van der Waals surface area contributed by atoms with E-state index in [1.165, 1.54) is 23.1 Å². The van der Waals surface area contributed by atoms with Crippen LogP contribution in [0.5, 0.6) is 11.5 Å². The van der Waals surface area contributed by atoms with E-state index >= 15 is 0 Å². The van der Waals surface area contributed by atoms with Gasteiger partial charge in [-0.05, 0) is 44.5 Å². The molecule has 2 N–H and O–H groups in total. The van der Waals surface area contributed by atoms with Crippen LogP contribution in [0.1, 0.15) is 20.8 Å². The maximum absolute atomic E-state index is 12.8. The average Bonchev–Trinajstić information content (AvgIpc) is 2.56. The van der Waals surface area contributed by atoms with Gasteiger partial charge in [0.05, 0.1) is 13.1 Å². The van der Waals surface area contributed by atoms with Gasteiger partial charge in [0.25, 0.3) is 0 Å². The van der Waals surface area contributed by atoms with Gasteiger partial charge in [-0.1, -0.05) is 24.3 Å². The molecule has 1 heterocycles. The zero-order chi connectivity index (χ0) is 22.1. The number of halogens is 3. The Morgan fingerprint density at radius 3 is 2.33 bits per heavy atom. The lowest BCUT2D eigenvalue weighted by molar-refractivity contribution is -0.275. The summed E-state index contributed by atoms with van der Waals surface area (Å²) in [6.07, 6.45) is -5.86. The third-order valence-corrected chi connectivity index (χ3v) is 4.23. The Kier molecular flexibility index (Phi) is 5.74. The minimum atomic E-state index is -4.87. The molecular formula is C21H23F3N2O4. The van der Waals surface area contributed by atoms with E-state index in [0.717, 1.165) is 0 Å². The summed E-state index contributed by atoms with van der Waals surface area (Å²) in [6, 6.07) is 11.1. The summed E-state index contributed by atoms with van der Waals surface area (Å²) in [7, 11) is 0. The smallest absolute Gasteiger partial charge is 0.483 e. The van der Waals surface area contributed by atoms with E-state index in [2.05, 4.69) is 4.74 Å². The first kappa shape index (κ1) is 21.6. The maximum atomic E-state index is 12.8. The highest BCUT2D eigenvalue weighted by molar-refractivity contribution is 5.77. The molecule has 30 heavy (non-hydrogen) atoms. The quantitative estimate of drug-likeness (QED) is 0.712. The van der Waals surface area contributed by atoms with Crippen molar-refractivity contribution in [2.75, 3.05) is 18.8 Å². The van der Waals surface area contributed by atoms with Crippen LogP contribution in [0.4, 0.5) is 23.7 Å². The number of hydrogen-bond donors (Lipinski definition) is 1. The number of amides is 1. The number of rotatable bonds is 4. The molecule has 0 saturated carbocycles. The highest BCUT2D eigenvalue weighted by Crippen LogP contribution is 2.38. The van der Waals surface area contributed by atoms with E-state index in [1.54, 1.807) is 45.0 Å². The standard InChI is InChI=1S/C21H23F3N2O4/c1-20(2,3)30-19(27)26-11-14(12-26)28-18-10-13(15-6-4-5-7-16(15)25)8-9-17(18)29-21(22,23)24/h4-10,14H,11-12,25H2,1-3H3. The third-order valence-electron chi connectivity index (χ3n) is 4.23. The van der Waals surface area contributed by atoms with E-state index in [-0.39, 0.29) is 18.8 Å². The highest BCUT2D eigenvalue weighted by Gasteiger charge is 2.37. The molecule has 1 amide bonds. The molecule has 9 heteroatoms. The average molecular weight is 424 g/mol. The number of nitrogens with two attached hydrogens (primary N) is 1. The number of nitrogen functional groups attached to an aromatic ring is 1. The van der Waals surface area contributed by atoms with Gasteiger partial charge in [-0.15, -0.1) is 13.2 Å². The number of carbonyl (C=O) groups is 1. The lowest BCUT2D eigenvalue weighted by Crippen LogP contribution is -2.57. The van der Waals surface area contributed by atoms with Crippen molar-refractivity contribution in [1.82, 2.24) is 4.90 Å². The molecule has 0 aliphatic carbocycles. The SMILES string of the molecule is CC(C)(C)OC(=O)N1CC(Oc2cc(-c3ccccc3N)ccc2OC(F)(F)F)C1. The van der Waals surface area contributed by atoms with Gasteiger partial charge in [0.1, 0.15) is 11.7 Å². The molecule has 2 aromatic rings. The first-order chi connectivity index (χ1) is 13.9. The van der Waals surface area contributed by atoms with Crippen molar-refractivity contribution in [2.45, 2.75) is 38.8 Å². The molecule has 0 bridgehead atoms. The normalized spacial score (nSPS) is 14.8. The maximum Gasteiger partial charge on any atom is 0.573 e. The van der Waals surface area contributed by atoms with E-state index < -0.39 is 29.9 Å². The van der Waals surface area contributed by atoms with Gasteiger partial charge in [0.2, 0.25) is 0 Å². The number of carbonyl (C=O) groups excluding carboxylic acids is 1. The zero-order valence-corrected chi connectivity index (χ0v) is 16.8. The second-order valence-electron chi connectivity index (χ2n) is 7.92. The summed E-state index contributed by atoms with van der Waals surface area (Å²) in [5.74, 6) is -0.543. The first-order valence-corrected chi connectivity index (χ1v) is 9.30. The van der Waals surface area contributed by atoms with Gasteiger partial charge in [-0.2, -0.15) is 0 Å². The molecule has 162 valence electrons. The van der Waals surface area contributed by atoms with Crippen molar-refractivity contribution in [3.8, 4) is 22.6 Å². The predicted molar refractivity (Wildman–Crippen MR) is 105 cm³/mol. The Balaban J connectivity index is 1.78. The molecule has 2 aromatic carbocycles. The van der Waals surface area contributed by atoms with Gasteiger partial charge in [-0.25, -0.2) is 4.79 Å². The van der Waals surface area contributed by atoms with Crippen LogP contribution < -0.4 is 15.2 Å². The number of ether oxygens (including phenoxy) is 3. The number of benzene rings is 2. The molecule has 1 aliphatic heterocycles. The summed E-state index contributed by atoms with van der Waals surface area (Å²) in [5.41, 5.74) is 7.06. The van der Waals surface area contributed by atoms with Gasteiger partial charge in [-0.3, -0.25) is 0 Å². The second kappa shape index (κ2) is 7.97. The van der Waals surface area contributed by atoms with Crippen molar-refractivity contribution in [1.29, 1.82) is 0 Å². The van der Waals surface area contributed by atoms with Crippen LogP contribution >= 0.6 is 0 Å². The molecule has 0 aromatic heterocycles. The van der Waals surface area contributed by atoms with Crippen molar-refractivity contribution < 1.29 is 32.2 Å². The number of anilines is 1. The molecule has 0 spiro atoms. The fourth-order valence-corrected chi connectivity index (χ4v) is 2.90. The summed E-state index contributed by atoms with van der Waals surface area (Å²) in [4.78, 5) is 13.4. The third kappa shape index (κ3) is 5.49. The Bertz CT molecular complexity index is 919. The molecule has 1 saturated heterocycles. The van der Waals surface area contributed by atoms with Gasteiger partial charge in [0, 0.05) is 11.3 Å². The van der Waals surface area contributed by atoms with Crippen LogP contribution in [-0.2, 0) is 4.74 Å². The predicted octanol–water partition coefficient (Wildman–Crippen LogP) is 4.83. The van der Waals surface area contributed by atoms with Crippen LogP contribution in [0.2, 0.25) is 0 Å². The number of alkyl halides is 3. The van der Waals surface area contributed by atoms with Crippen LogP contribution in [0, 0.1) is 0 Å². The van der Waals surface area contributed by atoms with Crippen molar-refractivity contribution >= 4 is 11.8 Å². The topological polar surface area (TPSA) is 74.0 Å². The van der Waals surface area contributed by atoms with Gasteiger partial charge in [0.15, 0.2) is 11.5 Å². The molecule has 6 nitrogen and oxygen atoms in total.